The third-order valence-corrected chi connectivity index (χ3v) is 5.68. The summed E-state index contributed by atoms with van der Waals surface area (Å²) in [5, 5.41) is 5.17. The van der Waals surface area contributed by atoms with Gasteiger partial charge in [0.25, 0.3) is 5.91 Å². The number of thioether (sulfide) groups is 1. The van der Waals surface area contributed by atoms with Crippen LogP contribution in [-0.2, 0) is 4.79 Å². The molecule has 1 aliphatic heterocycles. The molecule has 3 aromatic rings. The third kappa shape index (κ3) is 2.71. The number of hydrogen-bond acceptors (Lipinski definition) is 5. The summed E-state index contributed by atoms with van der Waals surface area (Å²) >= 11 is 7.71. The van der Waals surface area contributed by atoms with E-state index in [-0.39, 0.29) is 11.3 Å². The highest BCUT2D eigenvalue weighted by atomic mass is 32.2. The number of aromatic nitrogens is 1. The molecule has 1 aliphatic rings. The molecule has 0 unspecified atom stereocenters. The highest BCUT2D eigenvalue weighted by Crippen LogP contribution is 2.30. The lowest BCUT2D eigenvalue weighted by Gasteiger charge is -2.01. The van der Waals surface area contributed by atoms with E-state index >= 15 is 0 Å². The van der Waals surface area contributed by atoms with Gasteiger partial charge in [0.1, 0.15) is 4.32 Å². The lowest BCUT2D eigenvalue weighted by Crippen LogP contribution is -2.17. The van der Waals surface area contributed by atoms with Crippen LogP contribution in [0, 0.1) is 0 Å². The molecule has 0 radical (unpaired) electrons. The zero-order valence-electron chi connectivity index (χ0n) is 12.2. The molecule has 0 aliphatic carbocycles. The fourth-order valence-corrected chi connectivity index (χ4v) is 4.45. The number of H-pyrrole nitrogens is 1. The van der Waals surface area contributed by atoms with Crippen LogP contribution < -0.4 is 10.7 Å². The summed E-state index contributed by atoms with van der Waals surface area (Å²) in [7, 11) is 0. The molecule has 4 nitrogen and oxygen atoms in total. The summed E-state index contributed by atoms with van der Waals surface area (Å²) in [5.74, 6) is -0.177. The molecule has 2 N–H and O–H groups in total. The van der Waals surface area contributed by atoms with Gasteiger partial charge in [-0.2, -0.15) is 0 Å². The molecule has 0 saturated carbocycles. The molecule has 24 heavy (non-hydrogen) atoms. The lowest BCUT2D eigenvalue weighted by molar-refractivity contribution is -0.115. The van der Waals surface area contributed by atoms with Crippen LogP contribution in [0.3, 0.4) is 0 Å². The van der Waals surface area contributed by atoms with Crippen molar-refractivity contribution in [3.8, 4) is 11.1 Å². The second kappa shape index (κ2) is 6.01. The topological polar surface area (TPSA) is 62.0 Å². The van der Waals surface area contributed by atoms with Crippen LogP contribution in [0.15, 0.2) is 51.6 Å². The number of para-hydroxylation sites is 1. The Hall–Kier alpha value is -2.22. The van der Waals surface area contributed by atoms with Gasteiger partial charge in [-0.15, -0.1) is 11.3 Å². The maximum atomic E-state index is 12.7. The minimum absolute atomic E-state index is 0.00415. The Bertz CT molecular complexity index is 1080. The molecular formula is C17H10N2O2S3. The highest BCUT2D eigenvalue weighted by molar-refractivity contribution is 8.26. The second-order valence-electron chi connectivity index (χ2n) is 5.17. The molecule has 4 rings (SSSR count). The molecule has 3 heterocycles. The highest BCUT2D eigenvalue weighted by Gasteiger charge is 2.22. The fraction of sp³-hybridized carbons (Fsp3) is 0. The Morgan fingerprint density at radius 3 is 2.79 bits per heavy atom. The maximum absolute atomic E-state index is 12.7. The van der Waals surface area contributed by atoms with Crippen LogP contribution in [0.2, 0.25) is 0 Å². The molecule has 1 aromatic carbocycles. The van der Waals surface area contributed by atoms with E-state index in [1.165, 1.54) is 23.1 Å². The number of thiocarbonyl (C=S) groups is 1. The molecule has 1 amide bonds. The third-order valence-electron chi connectivity index (χ3n) is 3.63. The van der Waals surface area contributed by atoms with Gasteiger partial charge in [0.2, 0.25) is 0 Å². The zero-order chi connectivity index (χ0) is 16.7. The summed E-state index contributed by atoms with van der Waals surface area (Å²) in [6, 6.07) is 9.34. The van der Waals surface area contributed by atoms with Crippen LogP contribution in [0.25, 0.3) is 28.1 Å². The quantitative estimate of drug-likeness (QED) is 0.533. The molecule has 1 saturated heterocycles. The molecule has 0 atom stereocenters. The smallest absolute Gasteiger partial charge is 0.263 e. The fourth-order valence-electron chi connectivity index (χ4n) is 2.50. The standard InChI is InChI=1S/C17H10N2O2S3/c20-15-11-3-1-2-4-13(11)18-7-12(15)9-5-10(23-8-9)6-14-16(21)19-17(22)24-14/h1-8H,(H,18,20)(H,19,21,22). The first-order valence-electron chi connectivity index (χ1n) is 7.06. The SMILES string of the molecule is O=C1NC(=S)SC1=Cc1cc(-c2c[nH]c3ccccc3c2=O)cs1. The molecule has 2 aromatic heterocycles. The normalized spacial score (nSPS) is 16.1. The molecule has 118 valence electrons. The van der Waals surface area contributed by atoms with Gasteiger partial charge in [-0.1, -0.05) is 36.1 Å². The number of hydrogen-bond donors (Lipinski definition) is 2. The van der Waals surface area contributed by atoms with E-state index in [1.54, 1.807) is 12.3 Å². The summed E-state index contributed by atoms with van der Waals surface area (Å²) in [4.78, 5) is 29.0. The van der Waals surface area contributed by atoms with E-state index < -0.39 is 0 Å². The van der Waals surface area contributed by atoms with Crippen molar-refractivity contribution in [2.75, 3.05) is 0 Å². The van der Waals surface area contributed by atoms with Gasteiger partial charge < -0.3 is 10.3 Å². The first-order chi connectivity index (χ1) is 11.6. The number of amides is 1. The molecule has 1 fully saturated rings. The predicted molar refractivity (Wildman–Crippen MR) is 104 cm³/mol. The predicted octanol–water partition coefficient (Wildman–Crippen LogP) is 3.75. The number of fused-ring (bicyclic) bond motifs is 1. The number of benzene rings is 1. The van der Waals surface area contributed by atoms with Crippen molar-refractivity contribution in [3.63, 3.8) is 0 Å². The maximum Gasteiger partial charge on any atom is 0.263 e. The summed E-state index contributed by atoms with van der Waals surface area (Å²) in [6.07, 6.45) is 3.53. The van der Waals surface area contributed by atoms with E-state index in [1.807, 2.05) is 35.7 Å². The average molecular weight is 370 g/mol. The van der Waals surface area contributed by atoms with Crippen molar-refractivity contribution in [3.05, 3.63) is 61.9 Å². The Morgan fingerprint density at radius 2 is 2.00 bits per heavy atom. The lowest BCUT2D eigenvalue weighted by atomic mass is 10.1. The number of rotatable bonds is 2. The van der Waals surface area contributed by atoms with Crippen LogP contribution in [0.4, 0.5) is 0 Å². The minimum Gasteiger partial charge on any atom is -0.360 e. The van der Waals surface area contributed by atoms with Crippen molar-refractivity contribution in [2.45, 2.75) is 0 Å². The van der Waals surface area contributed by atoms with Gasteiger partial charge in [0.05, 0.1) is 4.91 Å². The van der Waals surface area contributed by atoms with Gasteiger partial charge in [0, 0.05) is 27.5 Å². The molecule has 0 spiro atoms. The molecular weight excluding hydrogens is 360 g/mol. The van der Waals surface area contributed by atoms with Crippen molar-refractivity contribution in [2.24, 2.45) is 0 Å². The van der Waals surface area contributed by atoms with Gasteiger partial charge in [-0.05, 0) is 35.2 Å². The first kappa shape index (κ1) is 15.3. The number of carbonyl (C=O) groups excluding carboxylic acids is 1. The Labute approximate surface area is 150 Å². The van der Waals surface area contributed by atoms with Crippen molar-refractivity contribution < 1.29 is 4.79 Å². The number of aromatic amines is 1. The van der Waals surface area contributed by atoms with Gasteiger partial charge >= 0.3 is 0 Å². The first-order valence-corrected chi connectivity index (χ1v) is 9.16. The number of thiophene rings is 1. The monoisotopic (exact) mass is 370 g/mol. The molecule has 0 bridgehead atoms. The van der Waals surface area contributed by atoms with Gasteiger partial charge in [-0.25, -0.2) is 0 Å². The van der Waals surface area contributed by atoms with E-state index in [0.717, 1.165) is 16.0 Å². The van der Waals surface area contributed by atoms with Crippen molar-refractivity contribution >= 4 is 62.5 Å². The van der Waals surface area contributed by atoms with Crippen LogP contribution >= 0.6 is 35.3 Å². The van der Waals surface area contributed by atoms with Crippen LogP contribution in [-0.4, -0.2) is 15.2 Å². The average Bonchev–Trinajstić information content (AvgIpc) is 3.15. The van der Waals surface area contributed by atoms with E-state index in [9.17, 15) is 9.59 Å². The van der Waals surface area contributed by atoms with Gasteiger partial charge in [0.15, 0.2) is 5.43 Å². The van der Waals surface area contributed by atoms with Crippen molar-refractivity contribution in [1.29, 1.82) is 0 Å². The molecule has 7 heteroatoms. The zero-order valence-corrected chi connectivity index (χ0v) is 14.6. The minimum atomic E-state index is -0.177. The Kier molecular flexibility index (Phi) is 3.84. The summed E-state index contributed by atoms with van der Waals surface area (Å²) in [6.45, 7) is 0. The van der Waals surface area contributed by atoms with Crippen LogP contribution in [0.5, 0.6) is 0 Å². The van der Waals surface area contributed by atoms with E-state index in [4.69, 9.17) is 12.2 Å². The van der Waals surface area contributed by atoms with E-state index in [0.29, 0.717) is 20.2 Å². The number of carbonyl (C=O) groups is 1. The Balaban J connectivity index is 1.75. The van der Waals surface area contributed by atoms with Gasteiger partial charge in [-0.3, -0.25) is 9.59 Å². The van der Waals surface area contributed by atoms with E-state index in [2.05, 4.69) is 10.3 Å². The summed E-state index contributed by atoms with van der Waals surface area (Å²) < 4.78 is 0.467. The second-order valence-corrected chi connectivity index (χ2v) is 7.83. The Morgan fingerprint density at radius 1 is 1.17 bits per heavy atom. The largest absolute Gasteiger partial charge is 0.360 e. The van der Waals surface area contributed by atoms with Crippen LogP contribution in [0.1, 0.15) is 4.88 Å². The number of pyridine rings is 1. The van der Waals surface area contributed by atoms with Crippen molar-refractivity contribution in [1.82, 2.24) is 10.3 Å². The number of nitrogens with one attached hydrogen (secondary N) is 2. The summed E-state index contributed by atoms with van der Waals surface area (Å²) in [5.41, 5.74) is 2.27.